The van der Waals surface area contributed by atoms with Gasteiger partial charge in [0.2, 0.25) is 0 Å². The Morgan fingerprint density at radius 1 is 1.00 bits per heavy atom. The van der Waals surface area contributed by atoms with Gasteiger partial charge in [-0.3, -0.25) is 14.6 Å². The molecule has 32 heavy (non-hydrogen) atoms. The first-order valence-electron chi connectivity index (χ1n) is 10.7. The summed E-state index contributed by atoms with van der Waals surface area (Å²) in [5, 5.41) is 0. The largest absolute Gasteiger partial charge is 0.361 e. The molecule has 2 heterocycles. The monoisotopic (exact) mass is 429 g/mol. The van der Waals surface area contributed by atoms with E-state index in [1.54, 1.807) is 48.4 Å². The number of amides is 2. The highest BCUT2D eigenvalue weighted by molar-refractivity contribution is 5.95. The third kappa shape index (κ3) is 4.41. The molecule has 3 aromatic rings. The molecular weight excluding hydrogens is 402 g/mol. The van der Waals surface area contributed by atoms with Gasteiger partial charge >= 0.3 is 0 Å². The number of morpholine rings is 1. The summed E-state index contributed by atoms with van der Waals surface area (Å²) in [5.74, 6) is -0.236. The molecule has 0 aliphatic carbocycles. The first kappa shape index (κ1) is 21.7. The lowest BCUT2D eigenvalue weighted by Crippen LogP contribution is -2.61. The van der Waals surface area contributed by atoms with Crippen molar-refractivity contribution >= 4 is 11.8 Å². The molecule has 6 heteroatoms. The lowest BCUT2D eigenvalue weighted by Gasteiger charge is -2.43. The van der Waals surface area contributed by atoms with Crippen molar-refractivity contribution in [2.45, 2.75) is 12.0 Å². The molecule has 1 aromatic heterocycles. The average Bonchev–Trinajstić information content (AvgIpc) is 2.84. The molecule has 1 aliphatic heterocycles. The highest BCUT2D eigenvalue weighted by atomic mass is 16.5. The van der Waals surface area contributed by atoms with E-state index in [0.717, 1.165) is 16.7 Å². The first-order chi connectivity index (χ1) is 15.5. The van der Waals surface area contributed by atoms with Gasteiger partial charge in [-0.2, -0.15) is 0 Å². The fraction of sp³-hybridized carbons (Fsp3) is 0.269. The van der Waals surface area contributed by atoms with Gasteiger partial charge < -0.3 is 14.5 Å². The quantitative estimate of drug-likeness (QED) is 0.624. The number of benzene rings is 2. The van der Waals surface area contributed by atoms with Gasteiger partial charge in [-0.05, 0) is 41.0 Å². The smallest absolute Gasteiger partial charge is 0.256 e. The molecule has 0 saturated carbocycles. The van der Waals surface area contributed by atoms with Crippen molar-refractivity contribution in [2.24, 2.45) is 0 Å². The van der Waals surface area contributed by atoms with Crippen molar-refractivity contribution < 1.29 is 14.3 Å². The number of aromatic nitrogens is 1. The summed E-state index contributed by atoms with van der Waals surface area (Å²) in [5.41, 5.74) is 2.49. The van der Waals surface area contributed by atoms with Crippen molar-refractivity contribution in [3.8, 4) is 11.1 Å². The van der Waals surface area contributed by atoms with E-state index in [4.69, 9.17) is 4.74 Å². The highest BCUT2D eigenvalue weighted by Gasteiger charge is 2.46. The van der Waals surface area contributed by atoms with Crippen molar-refractivity contribution in [3.63, 3.8) is 0 Å². The van der Waals surface area contributed by atoms with Gasteiger partial charge in [-0.15, -0.1) is 0 Å². The summed E-state index contributed by atoms with van der Waals surface area (Å²) in [7, 11) is 3.44. The summed E-state index contributed by atoms with van der Waals surface area (Å²) in [4.78, 5) is 34.0. The average molecular weight is 430 g/mol. The zero-order valence-corrected chi connectivity index (χ0v) is 18.4. The van der Waals surface area contributed by atoms with Crippen molar-refractivity contribution in [1.29, 1.82) is 0 Å². The maximum absolute atomic E-state index is 13.4. The van der Waals surface area contributed by atoms with Gasteiger partial charge in [0.1, 0.15) is 0 Å². The first-order valence-corrected chi connectivity index (χ1v) is 10.7. The van der Waals surface area contributed by atoms with Gasteiger partial charge in [-0.25, -0.2) is 0 Å². The number of hydrogen-bond acceptors (Lipinski definition) is 4. The summed E-state index contributed by atoms with van der Waals surface area (Å²) in [6, 6.07) is 21.1. The molecule has 0 spiro atoms. The minimum absolute atomic E-state index is 0.0905. The van der Waals surface area contributed by atoms with Crippen LogP contribution in [0.1, 0.15) is 15.9 Å². The van der Waals surface area contributed by atoms with E-state index in [1.165, 1.54) is 0 Å². The topological polar surface area (TPSA) is 62.7 Å². The molecule has 6 nitrogen and oxygen atoms in total. The highest BCUT2D eigenvalue weighted by Crippen LogP contribution is 2.31. The van der Waals surface area contributed by atoms with Crippen LogP contribution in [0.5, 0.6) is 0 Å². The predicted octanol–water partition coefficient (Wildman–Crippen LogP) is 3.29. The Morgan fingerprint density at radius 3 is 2.41 bits per heavy atom. The SMILES string of the molecule is CN(C)C(=O)[C@]1(Cc2ccccc2-c2ccncc2)CN(C(=O)c2ccccc2)CCO1. The van der Waals surface area contributed by atoms with E-state index in [2.05, 4.69) is 4.98 Å². The number of carbonyl (C=O) groups excluding carboxylic acids is 2. The second kappa shape index (κ2) is 9.32. The van der Waals surface area contributed by atoms with E-state index < -0.39 is 5.60 Å². The van der Waals surface area contributed by atoms with E-state index in [0.29, 0.717) is 25.1 Å². The molecule has 2 aromatic carbocycles. The molecule has 2 amide bonds. The maximum Gasteiger partial charge on any atom is 0.256 e. The van der Waals surface area contributed by atoms with Gasteiger partial charge in [-0.1, -0.05) is 42.5 Å². The number of nitrogens with zero attached hydrogens (tertiary/aromatic N) is 3. The maximum atomic E-state index is 13.4. The van der Waals surface area contributed by atoms with E-state index in [1.807, 2.05) is 54.6 Å². The molecule has 0 unspecified atom stereocenters. The number of rotatable bonds is 5. The van der Waals surface area contributed by atoms with Gasteiger partial charge in [0.25, 0.3) is 11.8 Å². The standard InChI is InChI=1S/C26H27N3O3/c1-28(2)25(31)26(18-22-10-6-7-11-23(22)20-12-14-27-15-13-20)19-29(16-17-32-26)24(30)21-8-4-3-5-9-21/h3-15H,16-19H2,1-2H3/t26-/m0/s1. The fourth-order valence-electron chi connectivity index (χ4n) is 4.24. The van der Waals surface area contributed by atoms with Gasteiger partial charge in [0, 0.05) is 45.0 Å². The normalized spacial score (nSPS) is 18.2. The Hall–Kier alpha value is -3.51. The van der Waals surface area contributed by atoms with E-state index in [9.17, 15) is 9.59 Å². The van der Waals surface area contributed by atoms with Gasteiger partial charge in [0.05, 0.1) is 13.2 Å². The van der Waals surface area contributed by atoms with Crippen LogP contribution in [-0.4, -0.2) is 66.0 Å². The van der Waals surface area contributed by atoms with Crippen LogP contribution >= 0.6 is 0 Å². The molecule has 0 radical (unpaired) electrons. The second-order valence-corrected chi connectivity index (χ2v) is 8.20. The Morgan fingerprint density at radius 2 is 1.69 bits per heavy atom. The molecule has 1 fully saturated rings. The summed E-state index contributed by atoms with van der Waals surface area (Å²) in [6.07, 6.45) is 3.87. The molecule has 1 aliphatic rings. The Bertz CT molecular complexity index is 1090. The lowest BCUT2D eigenvalue weighted by molar-refractivity contribution is -0.165. The Labute approximate surface area is 188 Å². The van der Waals surface area contributed by atoms with Crippen LogP contribution in [0, 0.1) is 0 Å². The minimum Gasteiger partial charge on any atom is -0.361 e. The number of carbonyl (C=O) groups is 2. The van der Waals surface area contributed by atoms with E-state index >= 15 is 0 Å². The number of ether oxygens (including phenoxy) is 1. The Kier molecular flexibility index (Phi) is 6.32. The molecule has 164 valence electrons. The molecular formula is C26H27N3O3. The van der Waals surface area contributed by atoms with Crippen LogP contribution in [0.3, 0.4) is 0 Å². The minimum atomic E-state index is -1.16. The Balaban J connectivity index is 1.70. The third-order valence-corrected chi connectivity index (χ3v) is 5.77. The van der Waals surface area contributed by atoms with Crippen LogP contribution in [-0.2, 0) is 16.0 Å². The van der Waals surface area contributed by atoms with Crippen LogP contribution in [0.15, 0.2) is 79.1 Å². The molecule has 1 saturated heterocycles. The van der Waals surface area contributed by atoms with E-state index in [-0.39, 0.29) is 18.4 Å². The zero-order chi connectivity index (χ0) is 22.6. The second-order valence-electron chi connectivity index (χ2n) is 8.20. The molecule has 4 rings (SSSR count). The van der Waals surface area contributed by atoms with Crippen molar-refractivity contribution in [3.05, 3.63) is 90.3 Å². The summed E-state index contributed by atoms with van der Waals surface area (Å²) >= 11 is 0. The summed E-state index contributed by atoms with van der Waals surface area (Å²) in [6.45, 7) is 0.945. The number of pyridine rings is 1. The van der Waals surface area contributed by atoms with Crippen molar-refractivity contribution in [1.82, 2.24) is 14.8 Å². The lowest BCUT2D eigenvalue weighted by atomic mass is 9.87. The predicted molar refractivity (Wildman–Crippen MR) is 123 cm³/mol. The van der Waals surface area contributed by atoms with Gasteiger partial charge in [0.15, 0.2) is 5.60 Å². The van der Waals surface area contributed by atoms with Crippen LogP contribution in [0.25, 0.3) is 11.1 Å². The number of likely N-dealkylation sites (N-methyl/N-ethyl adjacent to an activating group) is 1. The number of hydrogen-bond donors (Lipinski definition) is 0. The van der Waals surface area contributed by atoms with Crippen LogP contribution in [0.2, 0.25) is 0 Å². The summed E-state index contributed by atoms with van der Waals surface area (Å²) < 4.78 is 6.20. The molecule has 0 N–H and O–H groups in total. The third-order valence-electron chi connectivity index (χ3n) is 5.77. The molecule has 0 bridgehead atoms. The zero-order valence-electron chi connectivity index (χ0n) is 18.4. The van der Waals surface area contributed by atoms with Crippen LogP contribution in [0.4, 0.5) is 0 Å². The fourth-order valence-corrected chi connectivity index (χ4v) is 4.24. The van der Waals surface area contributed by atoms with Crippen LogP contribution < -0.4 is 0 Å². The molecule has 1 atom stereocenters. The van der Waals surface area contributed by atoms with Crippen molar-refractivity contribution in [2.75, 3.05) is 33.8 Å².